The zero-order valence-corrected chi connectivity index (χ0v) is 13.7. The molecule has 20 heavy (non-hydrogen) atoms. The van der Waals surface area contributed by atoms with Crippen molar-refractivity contribution >= 4 is 5.69 Å². The number of nitrogens with one attached hydrogen (secondary N) is 1. The summed E-state index contributed by atoms with van der Waals surface area (Å²) in [4.78, 5) is 2.57. The van der Waals surface area contributed by atoms with Crippen molar-refractivity contribution in [2.75, 3.05) is 18.0 Å². The van der Waals surface area contributed by atoms with Gasteiger partial charge in [0.15, 0.2) is 0 Å². The fraction of sp³-hybridized carbons (Fsp3) is 0.667. The van der Waals surface area contributed by atoms with Crippen molar-refractivity contribution in [3.63, 3.8) is 0 Å². The second-order valence-corrected chi connectivity index (χ2v) is 6.65. The van der Waals surface area contributed by atoms with Crippen LogP contribution in [0.4, 0.5) is 5.69 Å². The van der Waals surface area contributed by atoms with Crippen LogP contribution in [0.5, 0.6) is 0 Å². The topological polar surface area (TPSA) is 15.3 Å². The summed E-state index contributed by atoms with van der Waals surface area (Å²) in [5.41, 5.74) is 2.80. The van der Waals surface area contributed by atoms with E-state index in [1.807, 2.05) is 0 Å². The minimum absolute atomic E-state index is 0.570. The van der Waals surface area contributed by atoms with Crippen LogP contribution in [0.3, 0.4) is 0 Å². The zero-order valence-electron chi connectivity index (χ0n) is 13.7. The molecule has 1 aromatic carbocycles. The van der Waals surface area contributed by atoms with E-state index in [4.69, 9.17) is 0 Å². The van der Waals surface area contributed by atoms with Crippen LogP contribution in [-0.4, -0.2) is 25.2 Å². The third-order valence-corrected chi connectivity index (χ3v) is 4.82. The Morgan fingerprint density at radius 2 is 1.85 bits per heavy atom. The molecule has 112 valence electrons. The molecule has 2 nitrogen and oxygen atoms in total. The Morgan fingerprint density at radius 3 is 2.40 bits per heavy atom. The smallest absolute Gasteiger partial charge is 0.0387 e. The number of hydrogen-bond donors (Lipinski definition) is 1. The van der Waals surface area contributed by atoms with E-state index in [-0.39, 0.29) is 0 Å². The first kappa shape index (κ1) is 15.4. The lowest BCUT2D eigenvalue weighted by atomic mass is 9.95. The van der Waals surface area contributed by atoms with Gasteiger partial charge < -0.3 is 10.2 Å². The van der Waals surface area contributed by atoms with Gasteiger partial charge in [0.1, 0.15) is 0 Å². The number of nitrogens with zero attached hydrogens (tertiary/aromatic N) is 1. The summed E-state index contributed by atoms with van der Waals surface area (Å²) in [5.74, 6) is 1.34. The molecule has 1 aliphatic rings. The van der Waals surface area contributed by atoms with Crippen LogP contribution in [0.25, 0.3) is 0 Å². The van der Waals surface area contributed by atoms with Gasteiger partial charge in [0, 0.05) is 30.9 Å². The lowest BCUT2D eigenvalue weighted by molar-refractivity contribution is 0.316. The summed E-state index contributed by atoms with van der Waals surface area (Å²) in [6.45, 7) is 13.7. The second kappa shape index (κ2) is 6.62. The molecule has 1 N–H and O–H groups in total. The molecule has 0 amide bonds. The number of anilines is 1. The molecule has 1 heterocycles. The molecule has 1 fully saturated rings. The average molecular weight is 274 g/mol. The average Bonchev–Trinajstić information content (AvgIpc) is 2.47. The molecule has 0 aliphatic carbocycles. The standard InChI is InChI=1S/C18H30N2/c1-6-14(4)18-12-20(15(5)11-19-18)17-9-7-16(8-10-17)13(2)3/h7-10,13-15,18-19H,6,11-12H2,1-5H3. The first-order valence-corrected chi connectivity index (χ1v) is 8.12. The molecular weight excluding hydrogens is 244 g/mol. The third-order valence-electron chi connectivity index (χ3n) is 4.82. The number of rotatable bonds is 4. The van der Waals surface area contributed by atoms with Gasteiger partial charge in [-0.25, -0.2) is 0 Å². The molecule has 2 heteroatoms. The van der Waals surface area contributed by atoms with Crippen molar-refractivity contribution in [3.8, 4) is 0 Å². The van der Waals surface area contributed by atoms with Gasteiger partial charge in [-0.3, -0.25) is 0 Å². The van der Waals surface area contributed by atoms with Crippen molar-refractivity contribution in [2.45, 2.75) is 59.0 Å². The summed E-state index contributed by atoms with van der Waals surface area (Å²) < 4.78 is 0. The van der Waals surface area contributed by atoms with E-state index in [1.54, 1.807) is 0 Å². The summed E-state index contributed by atoms with van der Waals surface area (Å²) in [5, 5.41) is 3.71. The van der Waals surface area contributed by atoms with Gasteiger partial charge in [-0.1, -0.05) is 46.2 Å². The van der Waals surface area contributed by atoms with Crippen molar-refractivity contribution < 1.29 is 0 Å². The summed E-state index contributed by atoms with van der Waals surface area (Å²) in [6.07, 6.45) is 1.24. The van der Waals surface area contributed by atoms with Crippen LogP contribution in [0.1, 0.15) is 52.5 Å². The van der Waals surface area contributed by atoms with Crippen LogP contribution in [0, 0.1) is 5.92 Å². The highest BCUT2D eigenvalue weighted by Gasteiger charge is 2.27. The zero-order chi connectivity index (χ0) is 14.7. The first-order valence-electron chi connectivity index (χ1n) is 8.12. The Kier molecular flexibility index (Phi) is 5.09. The highest BCUT2D eigenvalue weighted by molar-refractivity contribution is 5.49. The molecule has 0 spiro atoms. The SMILES string of the molecule is CCC(C)C1CN(c2ccc(C(C)C)cc2)C(C)CN1. The van der Waals surface area contributed by atoms with E-state index < -0.39 is 0 Å². The Bertz CT molecular complexity index is 410. The van der Waals surface area contributed by atoms with Crippen molar-refractivity contribution in [1.29, 1.82) is 0 Å². The molecule has 3 unspecified atom stereocenters. The first-order chi connectivity index (χ1) is 9.52. The van der Waals surface area contributed by atoms with Gasteiger partial charge in [0.05, 0.1) is 0 Å². The van der Waals surface area contributed by atoms with Gasteiger partial charge in [-0.2, -0.15) is 0 Å². The maximum absolute atomic E-state index is 3.71. The highest BCUT2D eigenvalue weighted by Crippen LogP contribution is 2.25. The summed E-state index contributed by atoms with van der Waals surface area (Å²) >= 11 is 0. The molecule has 2 rings (SSSR count). The van der Waals surface area contributed by atoms with E-state index in [0.29, 0.717) is 18.0 Å². The maximum atomic E-state index is 3.71. The van der Waals surface area contributed by atoms with Crippen molar-refractivity contribution in [1.82, 2.24) is 5.32 Å². The Balaban J connectivity index is 2.12. The Morgan fingerprint density at radius 1 is 1.20 bits per heavy atom. The third kappa shape index (κ3) is 3.35. The van der Waals surface area contributed by atoms with Crippen LogP contribution < -0.4 is 10.2 Å². The van der Waals surface area contributed by atoms with Gasteiger partial charge in [-0.15, -0.1) is 0 Å². The highest BCUT2D eigenvalue weighted by atomic mass is 15.2. The summed E-state index contributed by atoms with van der Waals surface area (Å²) in [6, 6.07) is 10.3. The molecule has 0 radical (unpaired) electrons. The molecular formula is C18H30N2. The van der Waals surface area contributed by atoms with Crippen LogP contribution in [0.15, 0.2) is 24.3 Å². The van der Waals surface area contributed by atoms with Crippen LogP contribution in [-0.2, 0) is 0 Å². The van der Waals surface area contributed by atoms with E-state index in [9.17, 15) is 0 Å². The minimum atomic E-state index is 0.570. The minimum Gasteiger partial charge on any atom is -0.366 e. The van der Waals surface area contributed by atoms with Gasteiger partial charge in [-0.05, 0) is 36.5 Å². The lowest BCUT2D eigenvalue weighted by Gasteiger charge is -2.42. The van der Waals surface area contributed by atoms with E-state index in [2.05, 4.69) is 69.1 Å². The fourth-order valence-corrected chi connectivity index (χ4v) is 2.96. The van der Waals surface area contributed by atoms with E-state index in [0.717, 1.165) is 19.0 Å². The Hall–Kier alpha value is -1.02. The molecule has 1 saturated heterocycles. The summed E-state index contributed by atoms with van der Waals surface area (Å²) in [7, 11) is 0. The number of piperazine rings is 1. The largest absolute Gasteiger partial charge is 0.366 e. The Labute approximate surface area is 124 Å². The van der Waals surface area contributed by atoms with Crippen molar-refractivity contribution in [3.05, 3.63) is 29.8 Å². The monoisotopic (exact) mass is 274 g/mol. The predicted octanol–water partition coefficient (Wildman–Crippen LogP) is 4.02. The van der Waals surface area contributed by atoms with Crippen LogP contribution in [0.2, 0.25) is 0 Å². The molecule has 0 bridgehead atoms. The molecule has 0 saturated carbocycles. The predicted molar refractivity (Wildman–Crippen MR) is 88.6 cm³/mol. The quantitative estimate of drug-likeness (QED) is 0.892. The van der Waals surface area contributed by atoms with E-state index >= 15 is 0 Å². The van der Waals surface area contributed by atoms with E-state index in [1.165, 1.54) is 17.7 Å². The van der Waals surface area contributed by atoms with Gasteiger partial charge in [0.2, 0.25) is 0 Å². The maximum Gasteiger partial charge on any atom is 0.0387 e. The van der Waals surface area contributed by atoms with Crippen LogP contribution >= 0.6 is 0 Å². The fourth-order valence-electron chi connectivity index (χ4n) is 2.96. The van der Waals surface area contributed by atoms with Crippen molar-refractivity contribution in [2.24, 2.45) is 5.92 Å². The lowest BCUT2D eigenvalue weighted by Crippen LogP contribution is -2.57. The van der Waals surface area contributed by atoms with Gasteiger partial charge in [0.25, 0.3) is 0 Å². The molecule has 1 aliphatic heterocycles. The number of benzene rings is 1. The molecule has 3 atom stereocenters. The van der Waals surface area contributed by atoms with Gasteiger partial charge >= 0.3 is 0 Å². The number of hydrogen-bond acceptors (Lipinski definition) is 2. The normalized spacial score (nSPS) is 25.0. The molecule has 1 aromatic rings. The second-order valence-electron chi connectivity index (χ2n) is 6.65. The molecule has 0 aromatic heterocycles.